The summed E-state index contributed by atoms with van der Waals surface area (Å²) in [6.07, 6.45) is 14.0. The first-order chi connectivity index (χ1) is 9.20. The first kappa shape index (κ1) is 15.3. The van der Waals surface area contributed by atoms with E-state index in [0.29, 0.717) is 11.7 Å². The van der Waals surface area contributed by atoms with Crippen molar-refractivity contribution in [3.05, 3.63) is 0 Å². The van der Waals surface area contributed by atoms with E-state index in [1.807, 2.05) is 0 Å². The maximum Gasteiger partial charge on any atom is 0.0687 e. The third-order valence-corrected chi connectivity index (χ3v) is 4.79. The molecular formula is C17H33NO. The minimum absolute atomic E-state index is 0.318. The van der Waals surface area contributed by atoms with E-state index in [-0.39, 0.29) is 0 Å². The molecule has 1 spiro atoms. The van der Waals surface area contributed by atoms with Crippen molar-refractivity contribution in [2.24, 2.45) is 5.92 Å². The van der Waals surface area contributed by atoms with Gasteiger partial charge in [-0.15, -0.1) is 0 Å². The predicted molar refractivity (Wildman–Crippen MR) is 81.5 cm³/mol. The van der Waals surface area contributed by atoms with Crippen molar-refractivity contribution < 1.29 is 4.74 Å². The van der Waals surface area contributed by atoms with Gasteiger partial charge in [-0.05, 0) is 64.0 Å². The van der Waals surface area contributed by atoms with Gasteiger partial charge in [0.2, 0.25) is 0 Å². The molecule has 2 nitrogen and oxygen atoms in total. The molecule has 1 unspecified atom stereocenters. The minimum atomic E-state index is 0.318. The van der Waals surface area contributed by atoms with E-state index in [0.717, 1.165) is 12.5 Å². The van der Waals surface area contributed by atoms with E-state index in [9.17, 15) is 0 Å². The molecule has 2 heteroatoms. The van der Waals surface area contributed by atoms with Crippen LogP contribution in [0.15, 0.2) is 0 Å². The monoisotopic (exact) mass is 267 g/mol. The van der Waals surface area contributed by atoms with Crippen molar-refractivity contribution in [3.8, 4) is 0 Å². The van der Waals surface area contributed by atoms with Crippen LogP contribution in [0, 0.1) is 5.92 Å². The third-order valence-electron chi connectivity index (χ3n) is 4.79. The van der Waals surface area contributed by atoms with Crippen LogP contribution in [0.5, 0.6) is 0 Å². The van der Waals surface area contributed by atoms with Crippen LogP contribution in [-0.4, -0.2) is 24.8 Å². The van der Waals surface area contributed by atoms with Gasteiger partial charge in [-0.1, -0.05) is 33.1 Å². The first-order valence-corrected chi connectivity index (χ1v) is 8.59. The SMILES string of the molecule is CC(C)CNCCCCC1CCC2(CCCCC2)O1. The van der Waals surface area contributed by atoms with Crippen LogP contribution in [0.4, 0.5) is 0 Å². The van der Waals surface area contributed by atoms with Crippen LogP contribution in [0.1, 0.15) is 78.1 Å². The molecule has 0 radical (unpaired) electrons. The lowest BCUT2D eigenvalue weighted by atomic mass is 9.83. The quantitative estimate of drug-likeness (QED) is 0.695. The fourth-order valence-corrected chi connectivity index (χ4v) is 3.68. The Morgan fingerprint density at radius 1 is 1.11 bits per heavy atom. The molecule has 0 bridgehead atoms. The van der Waals surface area contributed by atoms with E-state index < -0.39 is 0 Å². The molecule has 1 atom stereocenters. The summed E-state index contributed by atoms with van der Waals surface area (Å²) in [5.41, 5.74) is 0.318. The first-order valence-electron chi connectivity index (χ1n) is 8.59. The summed E-state index contributed by atoms with van der Waals surface area (Å²) in [4.78, 5) is 0. The second kappa shape index (κ2) is 7.64. The molecule has 1 saturated carbocycles. The minimum Gasteiger partial charge on any atom is -0.372 e. The second-order valence-corrected chi connectivity index (χ2v) is 7.12. The zero-order chi connectivity index (χ0) is 13.6. The van der Waals surface area contributed by atoms with Crippen molar-refractivity contribution in [2.75, 3.05) is 13.1 Å². The van der Waals surface area contributed by atoms with Gasteiger partial charge < -0.3 is 10.1 Å². The highest BCUT2D eigenvalue weighted by Gasteiger charge is 2.40. The Morgan fingerprint density at radius 2 is 1.89 bits per heavy atom. The average Bonchev–Trinajstić information content (AvgIpc) is 2.77. The molecule has 0 amide bonds. The summed E-state index contributed by atoms with van der Waals surface area (Å²) in [6, 6.07) is 0. The second-order valence-electron chi connectivity index (χ2n) is 7.12. The highest BCUT2D eigenvalue weighted by Crippen LogP contribution is 2.42. The highest BCUT2D eigenvalue weighted by molar-refractivity contribution is 4.91. The molecule has 0 aromatic rings. The van der Waals surface area contributed by atoms with Gasteiger partial charge in [0.15, 0.2) is 0 Å². The Balaban J connectivity index is 1.53. The zero-order valence-electron chi connectivity index (χ0n) is 13.0. The maximum absolute atomic E-state index is 6.41. The highest BCUT2D eigenvalue weighted by atomic mass is 16.5. The average molecular weight is 267 g/mol. The Morgan fingerprint density at radius 3 is 2.63 bits per heavy atom. The Hall–Kier alpha value is -0.0800. The molecule has 1 saturated heterocycles. The number of nitrogens with one attached hydrogen (secondary N) is 1. The van der Waals surface area contributed by atoms with Crippen molar-refractivity contribution in [2.45, 2.75) is 89.8 Å². The van der Waals surface area contributed by atoms with E-state index in [2.05, 4.69) is 19.2 Å². The normalized spacial score (nSPS) is 26.4. The molecule has 0 aromatic heterocycles. The smallest absolute Gasteiger partial charge is 0.0687 e. The van der Waals surface area contributed by atoms with Crippen LogP contribution in [-0.2, 0) is 4.74 Å². The summed E-state index contributed by atoms with van der Waals surface area (Å²) < 4.78 is 6.41. The fourth-order valence-electron chi connectivity index (χ4n) is 3.68. The van der Waals surface area contributed by atoms with Crippen molar-refractivity contribution in [1.82, 2.24) is 5.32 Å². The lowest BCUT2D eigenvalue weighted by Crippen LogP contribution is -2.31. The van der Waals surface area contributed by atoms with E-state index in [1.165, 1.54) is 70.8 Å². The molecule has 0 aromatic carbocycles. The van der Waals surface area contributed by atoms with Crippen molar-refractivity contribution in [1.29, 1.82) is 0 Å². The molecule has 2 rings (SSSR count). The van der Waals surface area contributed by atoms with Gasteiger partial charge in [0.1, 0.15) is 0 Å². The third kappa shape index (κ3) is 5.07. The lowest BCUT2D eigenvalue weighted by Gasteiger charge is -2.33. The summed E-state index contributed by atoms with van der Waals surface area (Å²) in [5, 5.41) is 3.53. The van der Waals surface area contributed by atoms with Gasteiger partial charge in [-0.3, -0.25) is 0 Å². The van der Waals surface area contributed by atoms with Crippen LogP contribution in [0.3, 0.4) is 0 Å². The molecule has 112 valence electrons. The largest absolute Gasteiger partial charge is 0.372 e. The van der Waals surface area contributed by atoms with E-state index in [4.69, 9.17) is 4.74 Å². The van der Waals surface area contributed by atoms with Crippen molar-refractivity contribution >= 4 is 0 Å². The number of rotatable bonds is 7. The molecule has 1 heterocycles. The standard InChI is InChI=1S/C17H33NO/c1-15(2)14-18-13-7-4-8-16-9-12-17(19-16)10-5-3-6-11-17/h15-16,18H,3-14H2,1-2H3. The maximum atomic E-state index is 6.41. The van der Waals surface area contributed by atoms with Crippen LogP contribution in [0.2, 0.25) is 0 Å². The van der Waals surface area contributed by atoms with Gasteiger partial charge >= 0.3 is 0 Å². The molecular weight excluding hydrogens is 234 g/mol. The summed E-state index contributed by atoms with van der Waals surface area (Å²) >= 11 is 0. The molecule has 1 N–H and O–H groups in total. The van der Waals surface area contributed by atoms with Gasteiger partial charge in [0, 0.05) is 0 Å². The number of ether oxygens (including phenoxy) is 1. The van der Waals surface area contributed by atoms with Gasteiger partial charge in [-0.25, -0.2) is 0 Å². The lowest BCUT2D eigenvalue weighted by molar-refractivity contribution is -0.0660. The van der Waals surface area contributed by atoms with Crippen molar-refractivity contribution in [3.63, 3.8) is 0 Å². The van der Waals surface area contributed by atoms with E-state index in [1.54, 1.807) is 0 Å². The van der Waals surface area contributed by atoms with Gasteiger partial charge in [0.05, 0.1) is 11.7 Å². The Bertz CT molecular complexity index is 246. The summed E-state index contributed by atoms with van der Waals surface area (Å²) in [5.74, 6) is 0.768. The van der Waals surface area contributed by atoms with Crippen LogP contribution < -0.4 is 5.32 Å². The predicted octanol–water partition coefficient (Wildman–Crippen LogP) is 4.28. The number of hydrogen-bond acceptors (Lipinski definition) is 2. The molecule has 1 aliphatic heterocycles. The number of unbranched alkanes of at least 4 members (excludes halogenated alkanes) is 1. The van der Waals surface area contributed by atoms with E-state index >= 15 is 0 Å². The Labute approximate surface area is 119 Å². The number of hydrogen-bond donors (Lipinski definition) is 1. The Kier molecular flexibility index (Phi) is 6.15. The zero-order valence-corrected chi connectivity index (χ0v) is 13.0. The molecule has 2 aliphatic rings. The topological polar surface area (TPSA) is 21.3 Å². The van der Waals surface area contributed by atoms with Crippen LogP contribution >= 0.6 is 0 Å². The molecule has 19 heavy (non-hydrogen) atoms. The van der Waals surface area contributed by atoms with Gasteiger partial charge in [-0.2, -0.15) is 0 Å². The summed E-state index contributed by atoms with van der Waals surface area (Å²) in [6.45, 7) is 6.87. The fraction of sp³-hybridized carbons (Fsp3) is 1.00. The van der Waals surface area contributed by atoms with Crippen LogP contribution in [0.25, 0.3) is 0 Å². The van der Waals surface area contributed by atoms with Gasteiger partial charge in [0.25, 0.3) is 0 Å². The molecule has 2 fully saturated rings. The summed E-state index contributed by atoms with van der Waals surface area (Å²) in [7, 11) is 0. The molecule has 1 aliphatic carbocycles.